The average molecular weight is 393 g/mol. The summed E-state index contributed by atoms with van der Waals surface area (Å²) in [5.74, 6) is 1.61. The van der Waals surface area contributed by atoms with Gasteiger partial charge in [0.25, 0.3) is 0 Å². The normalized spacial score (nSPS) is 13.8. The summed E-state index contributed by atoms with van der Waals surface area (Å²) in [5.41, 5.74) is 2.75. The van der Waals surface area contributed by atoms with E-state index in [-0.39, 0.29) is 5.75 Å². The van der Waals surface area contributed by atoms with E-state index in [1.54, 1.807) is 31.5 Å². The highest BCUT2D eigenvalue weighted by atomic mass is 16.5. The molecule has 150 valence electrons. The van der Waals surface area contributed by atoms with E-state index in [1.807, 2.05) is 18.2 Å². The van der Waals surface area contributed by atoms with Gasteiger partial charge in [0, 0.05) is 36.2 Å². The standard InChI is InChI=1S/C21H23N5O3/c1-28-19-14-22-21(25-20(19)23-16-3-2-4-18(27)13-16)24-15-5-7-17(8-6-15)26-9-11-29-12-10-26/h2-8,13-14,27H,9-12H2,1H3,(H2,22,23,24,25). The van der Waals surface area contributed by atoms with Gasteiger partial charge in [-0.3, -0.25) is 0 Å². The highest BCUT2D eigenvalue weighted by Crippen LogP contribution is 2.28. The Labute approximate surface area is 169 Å². The average Bonchev–Trinajstić information content (AvgIpc) is 2.75. The molecule has 0 saturated carbocycles. The van der Waals surface area contributed by atoms with Crippen molar-refractivity contribution in [3.8, 4) is 11.5 Å². The van der Waals surface area contributed by atoms with Crippen molar-refractivity contribution in [2.45, 2.75) is 0 Å². The van der Waals surface area contributed by atoms with Crippen LogP contribution in [0.5, 0.6) is 11.5 Å². The fraction of sp³-hybridized carbons (Fsp3) is 0.238. The summed E-state index contributed by atoms with van der Waals surface area (Å²) in [5, 5.41) is 16.0. The van der Waals surface area contributed by atoms with Crippen LogP contribution in [0.3, 0.4) is 0 Å². The summed E-state index contributed by atoms with van der Waals surface area (Å²) >= 11 is 0. The monoisotopic (exact) mass is 393 g/mol. The quantitative estimate of drug-likeness (QED) is 0.586. The van der Waals surface area contributed by atoms with E-state index in [1.165, 1.54) is 5.69 Å². The molecule has 4 rings (SSSR count). The molecule has 8 nitrogen and oxygen atoms in total. The Morgan fingerprint density at radius 3 is 2.55 bits per heavy atom. The first-order valence-electron chi connectivity index (χ1n) is 9.38. The van der Waals surface area contributed by atoms with E-state index < -0.39 is 0 Å². The number of phenols is 1. The second-order valence-electron chi connectivity index (χ2n) is 6.56. The van der Waals surface area contributed by atoms with Gasteiger partial charge in [-0.05, 0) is 36.4 Å². The Kier molecular flexibility index (Phi) is 5.62. The van der Waals surface area contributed by atoms with Crippen LogP contribution < -0.4 is 20.3 Å². The predicted octanol–water partition coefficient (Wildman–Crippen LogP) is 3.51. The Bertz CT molecular complexity index is 959. The molecular weight excluding hydrogens is 370 g/mol. The lowest BCUT2D eigenvalue weighted by atomic mass is 10.2. The SMILES string of the molecule is COc1cnc(Nc2ccc(N3CCOCC3)cc2)nc1Nc1cccc(O)c1. The van der Waals surface area contributed by atoms with Crippen molar-refractivity contribution < 1.29 is 14.6 Å². The first-order valence-corrected chi connectivity index (χ1v) is 9.38. The summed E-state index contributed by atoms with van der Waals surface area (Å²) in [6, 6.07) is 14.9. The molecule has 1 aromatic heterocycles. The maximum absolute atomic E-state index is 9.66. The summed E-state index contributed by atoms with van der Waals surface area (Å²) in [6.45, 7) is 3.32. The van der Waals surface area contributed by atoms with Gasteiger partial charge in [0.05, 0.1) is 26.5 Å². The summed E-state index contributed by atoms with van der Waals surface area (Å²) in [4.78, 5) is 11.1. The number of ether oxygens (including phenoxy) is 2. The zero-order chi connectivity index (χ0) is 20.1. The molecule has 1 aliphatic heterocycles. The molecule has 2 aromatic carbocycles. The molecule has 2 heterocycles. The number of methoxy groups -OCH3 is 1. The number of aromatic nitrogens is 2. The van der Waals surface area contributed by atoms with Gasteiger partial charge in [-0.15, -0.1) is 0 Å². The van der Waals surface area contributed by atoms with Crippen LogP contribution in [-0.4, -0.2) is 48.5 Å². The molecule has 0 aliphatic carbocycles. The van der Waals surface area contributed by atoms with Crippen molar-refractivity contribution in [2.24, 2.45) is 0 Å². The smallest absolute Gasteiger partial charge is 0.229 e. The third-order valence-corrected chi connectivity index (χ3v) is 4.58. The van der Waals surface area contributed by atoms with Crippen LogP contribution in [0.1, 0.15) is 0 Å². The van der Waals surface area contributed by atoms with Gasteiger partial charge >= 0.3 is 0 Å². The van der Waals surface area contributed by atoms with E-state index in [0.29, 0.717) is 23.2 Å². The first-order chi connectivity index (χ1) is 14.2. The zero-order valence-corrected chi connectivity index (χ0v) is 16.1. The molecule has 0 bridgehead atoms. The van der Waals surface area contributed by atoms with Gasteiger partial charge in [-0.2, -0.15) is 4.98 Å². The maximum Gasteiger partial charge on any atom is 0.229 e. The molecule has 0 amide bonds. The molecule has 3 aromatic rings. The highest BCUT2D eigenvalue weighted by Gasteiger charge is 2.12. The molecule has 0 atom stereocenters. The summed E-state index contributed by atoms with van der Waals surface area (Å²) in [6.07, 6.45) is 1.60. The summed E-state index contributed by atoms with van der Waals surface area (Å²) in [7, 11) is 1.56. The summed E-state index contributed by atoms with van der Waals surface area (Å²) < 4.78 is 10.7. The fourth-order valence-electron chi connectivity index (χ4n) is 3.10. The molecule has 29 heavy (non-hydrogen) atoms. The molecule has 8 heteroatoms. The van der Waals surface area contributed by atoms with Crippen molar-refractivity contribution in [2.75, 3.05) is 48.9 Å². The number of benzene rings is 2. The van der Waals surface area contributed by atoms with Crippen molar-refractivity contribution in [3.63, 3.8) is 0 Å². The van der Waals surface area contributed by atoms with Crippen LogP contribution in [-0.2, 0) is 4.74 Å². The molecule has 0 radical (unpaired) electrons. The van der Waals surface area contributed by atoms with E-state index in [4.69, 9.17) is 9.47 Å². The molecule has 0 unspecified atom stereocenters. The third-order valence-electron chi connectivity index (χ3n) is 4.58. The van der Waals surface area contributed by atoms with Crippen LogP contribution in [0.15, 0.2) is 54.7 Å². The second kappa shape index (κ2) is 8.66. The van der Waals surface area contributed by atoms with E-state index in [2.05, 4.69) is 37.6 Å². The van der Waals surface area contributed by atoms with Gasteiger partial charge in [0.15, 0.2) is 11.6 Å². The minimum absolute atomic E-state index is 0.168. The van der Waals surface area contributed by atoms with Crippen molar-refractivity contribution in [1.29, 1.82) is 0 Å². The number of nitrogens with one attached hydrogen (secondary N) is 2. The van der Waals surface area contributed by atoms with Crippen LogP contribution in [0.4, 0.5) is 28.8 Å². The number of morpholine rings is 1. The second-order valence-corrected chi connectivity index (χ2v) is 6.56. The lowest BCUT2D eigenvalue weighted by molar-refractivity contribution is 0.122. The molecular formula is C21H23N5O3. The lowest BCUT2D eigenvalue weighted by Gasteiger charge is -2.28. The largest absolute Gasteiger partial charge is 0.508 e. The third kappa shape index (κ3) is 4.67. The van der Waals surface area contributed by atoms with Crippen LogP contribution in [0, 0.1) is 0 Å². The number of anilines is 5. The number of aromatic hydroxyl groups is 1. The van der Waals surface area contributed by atoms with Crippen LogP contribution in [0.2, 0.25) is 0 Å². The molecule has 0 spiro atoms. The number of rotatable bonds is 6. The first kappa shape index (κ1) is 18.8. The Morgan fingerprint density at radius 2 is 1.83 bits per heavy atom. The minimum Gasteiger partial charge on any atom is -0.508 e. The molecule has 1 fully saturated rings. The number of hydrogen-bond acceptors (Lipinski definition) is 8. The minimum atomic E-state index is 0.168. The van der Waals surface area contributed by atoms with Crippen LogP contribution in [0.25, 0.3) is 0 Å². The van der Waals surface area contributed by atoms with Crippen LogP contribution >= 0.6 is 0 Å². The molecule has 1 aliphatic rings. The van der Waals surface area contributed by atoms with Gasteiger partial charge in [0.1, 0.15) is 5.75 Å². The predicted molar refractivity (Wildman–Crippen MR) is 113 cm³/mol. The zero-order valence-electron chi connectivity index (χ0n) is 16.1. The molecule has 1 saturated heterocycles. The fourth-order valence-corrected chi connectivity index (χ4v) is 3.10. The number of nitrogens with zero attached hydrogens (tertiary/aromatic N) is 3. The van der Waals surface area contributed by atoms with E-state index in [0.717, 1.165) is 32.0 Å². The van der Waals surface area contributed by atoms with E-state index >= 15 is 0 Å². The van der Waals surface area contributed by atoms with Crippen molar-refractivity contribution in [3.05, 3.63) is 54.7 Å². The highest BCUT2D eigenvalue weighted by molar-refractivity contribution is 5.66. The lowest BCUT2D eigenvalue weighted by Crippen LogP contribution is -2.36. The van der Waals surface area contributed by atoms with Gasteiger partial charge < -0.3 is 30.1 Å². The Balaban J connectivity index is 1.49. The topological polar surface area (TPSA) is 91.8 Å². The van der Waals surface area contributed by atoms with Gasteiger partial charge in [-0.1, -0.05) is 6.07 Å². The number of hydrogen-bond donors (Lipinski definition) is 3. The Hall–Kier alpha value is -3.52. The van der Waals surface area contributed by atoms with Gasteiger partial charge in [0.2, 0.25) is 5.95 Å². The van der Waals surface area contributed by atoms with E-state index in [9.17, 15) is 5.11 Å². The maximum atomic E-state index is 9.66. The van der Waals surface area contributed by atoms with Crippen molar-refractivity contribution in [1.82, 2.24) is 9.97 Å². The molecule has 3 N–H and O–H groups in total. The van der Waals surface area contributed by atoms with Gasteiger partial charge in [-0.25, -0.2) is 4.98 Å². The van der Waals surface area contributed by atoms with Crippen molar-refractivity contribution >= 4 is 28.8 Å². The number of phenolic OH excluding ortho intramolecular Hbond substituents is 1. The Morgan fingerprint density at radius 1 is 1.03 bits per heavy atom.